The molecule has 2 rings (SSSR count). The standard InChI is InChI=1S/C20H21NO2S/c1-5-16(3)15-21(20-10-8-7-9-18(20)6-2)24(22,23)19-13-11-17(4)12-14-19/h2,5,7-14H,15H2,1,3-4H3/b16-5+. The van der Waals surface area contributed by atoms with Crippen LogP contribution in [-0.4, -0.2) is 15.0 Å². The van der Waals surface area contributed by atoms with E-state index in [9.17, 15) is 8.42 Å². The number of benzene rings is 2. The van der Waals surface area contributed by atoms with Gasteiger partial charge < -0.3 is 0 Å². The molecule has 0 N–H and O–H groups in total. The average Bonchev–Trinajstić information content (AvgIpc) is 2.59. The fraction of sp³-hybridized carbons (Fsp3) is 0.200. The van der Waals surface area contributed by atoms with Gasteiger partial charge in [-0.2, -0.15) is 0 Å². The number of hydrogen-bond donors (Lipinski definition) is 0. The van der Waals surface area contributed by atoms with Crippen molar-refractivity contribution < 1.29 is 8.42 Å². The predicted octanol–water partition coefficient (Wildman–Crippen LogP) is 4.14. The van der Waals surface area contributed by atoms with Gasteiger partial charge >= 0.3 is 0 Å². The highest BCUT2D eigenvalue weighted by Gasteiger charge is 2.26. The summed E-state index contributed by atoms with van der Waals surface area (Å²) in [6.07, 6.45) is 7.47. The van der Waals surface area contributed by atoms with E-state index in [0.717, 1.165) is 11.1 Å². The number of allylic oxidation sites excluding steroid dienone is 1. The average molecular weight is 339 g/mol. The van der Waals surface area contributed by atoms with Crippen LogP contribution in [0.5, 0.6) is 0 Å². The topological polar surface area (TPSA) is 37.4 Å². The van der Waals surface area contributed by atoms with Crippen LogP contribution < -0.4 is 4.31 Å². The van der Waals surface area contributed by atoms with Crippen molar-refractivity contribution in [1.29, 1.82) is 0 Å². The molecule has 0 atom stereocenters. The summed E-state index contributed by atoms with van der Waals surface area (Å²) in [6, 6.07) is 13.9. The molecule has 0 amide bonds. The maximum absolute atomic E-state index is 13.2. The third-order valence-corrected chi connectivity index (χ3v) is 5.60. The third-order valence-electron chi connectivity index (χ3n) is 3.82. The molecule has 2 aromatic rings. The molecule has 0 radical (unpaired) electrons. The Balaban J connectivity index is 2.62. The first kappa shape index (κ1) is 17.8. The van der Waals surface area contributed by atoms with Crippen molar-refractivity contribution in [2.45, 2.75) is 25.7 Å². The quantitative estimate of drug-likeness (QED) is 0.606. The monoisotopic (exact) mass is 339 g/mol. The minimum atomic E-state index is -3.71. The molecular formula is C20H21NO2S. The minimum absolute atomic E-state index is 0.254. The van der Waals surface area contributed by atoms with Gasteiger partial charge in [-0.05, 0) is 45.0 Å². The Morgan fingerprint density at radius 1 is 1.17 bits per heavy atom. The van der Waals surface area contributed by atoms with Crippen LogP contribution in [0.3, 0.4) is 0 Å². The van der Waals surface area contributed by atoms with Crippen LogP contribution in [0.2, 0.25) is 0 Å². The molecule has 0 bridgehead atoms. The first-order chi connectivity index (χ1) is 11.4. The van der Waals surface area contributed by atoms with Gasteiger partial charge in [-0.25, -0.2) is 8.42 Å². The first-order valence-corrected chi connectivity index (χ1v) is 9.11. The van der Waals surface area contributed by atoms with E-state index in [4.69, 9.17) is 6.42 Å². The Hall–Kier alpha value is -2.51. The van der Waals surface area contributed by atoms with Gasteiger partial charge in [0, 0.05) is 5.56 Å². The van der Waals surface area contributed by atoms with Gasteiger partial charge in [-0.1, -0.05) is 47.4 Å². The van der Waals surface area contributed by atoms with Crippen molar-refractivity contribution in [3.8, 4) is 12.3 Å². The molecule has 0 aliphatic heterocycles. The fourth-order valence-electron chi connectivity index (χ4n) is 2.27. The summed E-state index contributed by atoms with van der Waals surface area (Å²) in [5, 5.41) is 0. The van der Waals surface area contributed by atoms with Gasteiger partial charge in [-0.15, -0.1) is 6.42 Å². The van der Waals surface area contributed by atoms with Crippen molar-refractivity contribution in [1.82, 2.24) is 0 Å². The molecule has 0 saturated carbocycles. The summed E-state index contributed by atoms with van der Waals surface area (Å²) in [6.45, 7) is 5.96. The van der Waals surface area contributed by atoms with Crippen LogP contribution in [0.4, 0.5) is 5.69 Å². The van der Waals surface area contributed by atoms with E-state index in [-0.39, 0.29) is 11.4 Å². The van der Waals surface area contributed by atoms with Crippen LogP contribution in [-0.2, 0) is 10.0 Å². The van der Waals surface area contributed by atoms with E-state index in [0.29, 0.717) is 11.3 Å². The van der Waals surface area contributed by atoms with Crippen LogP contribution in [0.25, 0.3) is 0 Å². The molecule has 0 heterocycles. The van der Waals surface area contributed by atoms with Gasteiger partial charge in [0.25, 0.3) is 10.0 Å². The van der Waals surface area contributed by atoms with E-state index in [2.05, 4.69) is 5.92 Å². The van der Waals surface area contributed by atoms with Gasteiger partial charge in [0.15, 0.2) is 0 Å². The Morgan fingerprint density at radius 2 is 1.79 bits per heavy atom. The van der Waals surface area contributed by atoms with Gasteiger partial charge in [0.05, 0.1) is 17.1 Å². The maximum Gasteiger partial charge on any atom is 0.264 e. The van der Waals surface area contributed by atoms with Gasteiger partial charge in [0.1, 0.15) is 0 Å². The number of para-hydroxylation sites is 1. The molecule has 2 aromatic carbocycles. The lowest BCUT2D eigenvalue weighted by molar-refractivity contribution is 0.592. The Labute approximate surface area is 144 Å². The molecule has 0 unspecified atom stereocenters. The molecule has 0 aliphatic carbocycles. The number of nitrogens with zero attached hydrogens (tertiary/aromatic N) is 1. The van der Waals surface area contributed by atoms with E-state index in [1.54, 1.807) is 48.5 Å². The summed E-state index contributed by atoms with van der Waals surface area (Å²) >= 11 is 0. The van der Waals surface area contributed by atoms with Crippen molar-refractivity contribution in [3.63, 3.8) is 0 Å². The van der Waals surface area contributed by atoms with Crippen LogP contribution in [0.15, 0.2) is 65.1 Å². The highest BCUT2D eigenvalue weighted by Crippen LogP contribution is 2.27. The predicted molar refractivity (Wildman–Crippen MR) is 99.5 cm³/mol. The Morgan fingerprint density at radius 3 is 2.38 bits per heavy atom. The Kier molecular flexibility index (Phi) is 5.48. The fourth-order valence-corrected chi connectivity index (χ4v) is 3.79. The summed E-state index contributed by atoms with van der Waals surface area (Å²) in [4.78, 5) is 0.254. The number of hydrogen-bond acceptors (Lipinski definition) is 2. The third kappa shape index (κ3) is 3.69. The highest BCUT2D eigenvalue weighted by molar-refractivity contribution is 7.92. The molecule has 0 spiro atoms. The molecule has 124 valence electrons. The lowest BCUT2D eigenvalue weighted by Crippen LogP contribution is -2.33. The van der Waals surface area contributed by atoms with Crippen molar-refractivity contribution in [2.24, 2.45) is 0 Å². The minimum Gasteiger partial charge on any atom is -0.261 e. The molecule has 0 aliphatic rings. The molecule has 0 saturated heterocycles. The molecule has 3 nitrogen and oxygen atoms in total. The van der Waals surface area contributed by atoms with E-state index < -0.39 is 10.0 Å². The van der Waals surface area contributed by atoms with E-state index in [1.807, 2.05) is 26.8 Å². The SMILES string of the molecule is C#Cc1ccccc1N(C/C(C)=C/C)S(=O)(=O)c1ccc(C)cc1. The van der Waals surface area contributed by atoms with Crippen LogP contribution in [0, 0.1) is 19.3 Å². The normalized spacial score (nSPS) is 11.8. The lowest BCUT2D eigenvalue weighted by Gasteiger charge is -2.26. The highest BCUT2D eigenvalue weighted by atomic mass is 32.2. The first-order valence-electron chi connectivity index (χ1n) is 7.67. The number of aryl methyl sites for hydroxylation is 1. The van der Waals surface area contributed by atoms with Crippen LogP contribution >= 0.6 is 0 Å². The summed E-state index contributed by atoms with van der Waals surface area (Å²) in [7, 11) is -3.71. The van der Waals surface area contributed by atoms with Gasteiger partial charge in [-0.3, -0.25) is 4.31 Å². The van der Waals surface area contributed by atoms with Crippen molar-refractivity contribution in [3.05, 3.63) is 71.3 Å². The zero-order valence-electron chi connectivity index (χ0n) is 14.2. The largest absolute Gasteiger partial charge is 0.264 e. The second kappa shape index (κ2) is 7.37. The second-order valence-corrected chi connectivity index (χ2v) is 7.48. The summed E-state index contributed by atoms with van der Waals surface area (Å²) < 4.78 is 27.8. The number of terminal acetylenes is 1. The zero-order chi connectivity index (χ0) is 17.7. The van der Waals surface area contributed by atoms with Crippen molar-refractivity contribution in [2.75, 3.05) is 10.8 Å². The maximum atomic E-state index is 13.2. The summed E-state index contributed by atoms with van der Waals surface area (Å²) in [5.74, 6) is 2.57. The number of sulfonamides is 1. The number of rotatable bonds is 5. The molecule has 24 heavy (non-hydrogen) atoms. The van der Waals surface area contributed by atoms with Crippen molar-refractivity contribution >= 4 is 15.7 Å². The molecular weight excluding hydrogens is 318 g/mol. The van der Waals surface area contributed by atoms with E-state index >= 15 is 0 Å². The lowest BCUT2D eigenvalue weighted by atomic mass is 10.2. The smallest absolute Gasteiger partial charge is 0.261 e. The molecule has 0 fully saturated rings. The Bertz CT molecular complexity index is 888. The van der Waals surface area contributed by atoms with E-state index in [1.165, 1.54) is 4.31 Å². The van der Waals surface area contributed by atoms with Gasteiger partial charge in [0.2, 0.25) is 0 Å². The molecule has 0 aromatic heterocycles. The number of anilines is 1. The zero-order valence-corrected chi connectivity index (χ0v) is 15.0. The summed E-state index contributed by atoms with van der Waals surface area (Å²) in [5.41, 5.74) is 3.02. The van der Waals surface area contributed by atoms with Crippen LogP contribution in [0.1, 0.15) is 25.0 Å². The second-order valence-electron chi connectivity index (χ2n) is 5.62. The molecule has 4 heteroatoms.